The first kappa shape index (κ1) is 24.9. The Balaban J connectivity index is 1.27. The van der Waals surface area contributed by atoms with E-state index < -0.39 is 0 Å². The van der Waals surface area contributed by atoms with Crippen molar-refractivity contribution in [2.75, 3.05) is 11.4 Å². The Morgan fingerprint density at radius 3 is 2.17 bits per heavy atom. The molecule has 1 aliphatic rings. The molecule has 0 aromatic heterocycles. The van der Waals surface area contributed by atoms with E-state index >= 15 is 0 Å². The molecule has 0 bridgehead atoms. The first-order valence-corrected chi connectivity index (χ1v) is 13.0. The van der Waals surface area contributed by atoms with Gasteiger partial charge in [-0.2, -0.15) is 0 Å². The van der Waals surface area contributed by atoms with Crippen LogP contribution in [0.15, 0.2) is 95.9 Å². The molecule has 0 radical (unpaired) electrons. The number of nitrogens with zero attached hydrogens (tertiary/aromatic N) is 2. The molecule has 0 saturated carbocycles. The number of thiocarbonyl (C=S) groups is 1. The fraction of sp³-hybridized carbons (Fsp3) is 0.207. The van der Waals surface area contributed by atoms with Crippen LogP contribution in [-0.4, -0.2) is 27.6 Å². The van der Waals surface area contributed by atoms with Gasteiger partial charge in [0, 0.05) is 18.7 Å². The van der Waals surface area contributed by atoms with Gasteiger partial charge in [-0.1, -0.05) is 109 Å². The van der Waals surface area contributed by atoms with Gasteiger partial charge in [-0.15, -0.1) is 0 Å². The SMILES string of the molecule is O=C1/C(=C/c2ccccc2)SC(=S)N1CCCCCC(=O)N(Cc1ccccc1)c1ccccc1. The highest BCUT2D eigenvalue weighted by molar-refractivity contribution is 8.26. The molecule has 1 aliphatic heterocycles. The zero-order chi connectivity index (χ0) is 24.5. The fourth-order valence-corrected chi connectivity index (χ4v) is 5.26. The topological polar surface area (TPSA) is 40.6 Å². The molecule has 0 N–H and O–H groups in total. The predicted octanol–water partition coefficient (Wildman–Crippen LogP) is 6.68. The third kappa shape index (κ3) is 6.90. The lowest BCUT2D eigenvalue weighted by atomic mass is 10.1. The van der Waals surface area contributed by atoms with Crippen molar-refractivity contribution in [3.8, 4) is 0 Å². The maximum Gasteiger partial charge on any atom is 0.266 e. The van der Waals surface area contributed by atoms with E-state index in [4.69, 9.17) is 12.2 Å². The first-order valence-electron chi connectivity index (χ1n) is 11.8. The van der Waals surface area contributed by atoms with Gasteiger partial charge < -0.3 is 4.90 Å². The Bertz CT molecular complexity index is 1180. The Hall–Kier alpha value is -3.22. The second kappa shape index (κ2) is 12.5. The van der Waals surface area contributed by atoms with Gasteiger partial charge in [0.05, 0.1) is 11.4 Å². The number of amides is 2. The zero-order valence-electron chi connectivity index (χ0n) is 19.5. The van der Waals surface area contributed by atoms with Gasteiger partial charge in [0.15, 0.2) is 0 Å². The molecular formula is C29H28N2O2S2. The van der Waals surface area contributed by atoms with Gasteiger partial charge in [0.25, 0.3) is 5.91 Å². The predicted molar refractivity (Wildman–Crippen MR) is 149 cm³/mol. The van der Waals surface area contributed by atoms with Gasteiger partial charge in [0.1, 0.15) is 4.32 Å². The molecular weight excluding hydrogens is 472 g/mol. The molecule has 6 heteroatoms. The van der Waals surface area contributed by atoms with E-state index in [2.05, 4.69) is 0 Å². The molecule has 178 valence electrons. The van der Waals surface area contributed by atoms with E-state index in [0.717, 1.165) is 36.1 Å². The number of carbonyl (C=O) groups is 2. The second-order valence-corrected chi connectivity index (χ2v) is 10.0. The summed E-state index contributed by atoms with van der Waals surface area (Å²) < 4.78 is 0.603. The lowest BCUT2D eigenvalue weighted by molar-refractivity contribution is -0.122. The van der Waals surface area contributed by atoms with Crippen molar-refractivity contribution in [3.05, 3.63) is 107 Å². The number of benzene rings is 3. The molecule has 1 saturated heterocycles. The number of carbonyl (C=O) groups excluding carboxylic acids is 2. The van der Waals surface area contributed by atoms with E-state index in [-0.39, 0.29) is 11.8 Å². The van der Waals surface area contributed by atoms with Crippen LogP contribution in [0.1, 0.15) is 36.8 Å². The van der Waals surface area contributed by atoms with Crippen LogP contribution in [0.2, 0.25) is 0 Å². The molecule has 3 aromatic rings. The summed E-state index contributed by atoms with van der Waals surface area (Å²) in [6, 6.07) is 29.6. The summed E-state index contributed by atoms with van der Waals surface area (Å²) in [4.78, 5) is 30.1. The van der Waals surface area contributed by atoms with Crippen molar-refractivity contribution in [2.45, 2.75) is 32.2 Å². The molecule has 1 fully saturated rings. The summed E-state index contributed by atoms with van der Waals surface area (Å²) in [6.45, 7) is 1.13. The lowest BCUT2D eigenvalue weighted by Gasteiger charge is -2.23. The average Bonchev–Trinajstić information content (AvgIpc) is 3.16. The van der Waals surface area contributed by atoms with Crippen LogP contribution in [0.3, 0.4) is 0 Å². The third-order valence-corrected chi connectivity index (χ3v) is 7.17. The third-order valence-electron chi connectivity index (χ3n) is 5.80. The molecule has 0 spiro atoms. The molecule has 4 nitrogen and oxygen atoms in total. The summed E-state index contributed by atoms with van der Waals surface area (Å²) in [5.41, 5.74) is 3.00. The Morgan fingerprint density at radius 1 is 0.857 bits per heavy atom. The van der Waals surface area contributed by atoms with Crippen LogP contribution in [-0.2, 0) is 16.1 Å². The summed E-state index contributed by atoms with van der Waals surface area (Å²) in [5, 5.41) is 0. The lowest BCUT2D eigenvalue weighted by Crippen LogP contribution is -2.30. The molecule has 0 atom stereocenters. The minimum atomic E-state index is -0.0296. The van der Waals surface area contributed by atoms with Crippen molar-refractivity contribution in [3.63, 3.8) is 0 Å². The molecule has 0 aliphatic carbocycles. The number of rotatable bonds is 10. The standard InChI is InChI=1S/C29H28N2O2S2/c32-27(31(25-17-9-3-10-18-25)22-24-15-7-2-8-16-24)19-11-4-12-20-30-28(33)26(35-29(30)34)21-23-13-5-1-6-14-23/h1-3,5-10,13-18,21H,4,11-12,19-20,22H2/b26-21-. The van der Waals surface area contributed by atoms with Crippen LogP contribution in [0.25, 0.3) is 6.08 Å². The summed E-state index contributed by atoms with van der Waals surface area (Å²) in [5.74, 6) is 0.0782. The van der Waals surface area contributed by atoms with Gasteiger partial charge >= 0.3 is 0 Å². The molecule has 0 unspecified atom stereocenters. The minimum Gasteiger partial charge on any atom is -0.308 e. The van der Waals surface area contributed by atoms with Gasteiger partial charge in [-0.3, -0.25) is 14.5 Å². The highest BCUT2D eigenvalue weighted by atomic mass is 32.2. The van der Waals surface area contributed by atoms with Crippen molar-refractivity contribution in [1.29, 1.82) is 0 Å². The largest absolute Gasteiger partial charge is 0.308 e. The van der Waals surface area contributed by atoms with Crippen LogP contribution in [0, 0.1) is 0 Å². The Labute approximate surface area is 216 Å². The minimum absolute atomic E-state index is 0.0296. The molecule has 35 heavy (non-hydrogen) atoms. The maximum atomic E-state index is 13.1. The molecule has 2 amide bonds. The van der Waals surface area contributed by atoms with E-state index in [1.165, 1.54) is 11.8 Å². The summed E-state index contributed by atoms with van der Waals surface area (Å²) in [6.07, 6.45) is 4.79. The van der Waals surface area contributed by atoms with E-state index in [1.807, 2.05) is 102 Å². The average molecular weight is 501 g/mol. The van der Waals surface area contributed by atoms with Gasteiger partial charge in [-0.25, -0.2) is 0 Å². The van der Waals surface area contributed by atoms with Crippen LogP contribution in [0.4, 0.5) is 5.69 Å². The quantitative estimate of drug-likeness (QED) is 0.177. The summed E-state index contributed by atoms with van der Waals surface area (Å²) >= 11 is 6.80. The van der Waals surface area contributed by atoms with Crippen molar-refractivity contribution < 1.29 is 9.59 Å². The fourth-order valence-electron chi connectivity index (χ4n) is 3.95. The first-order chi connectivity index (χ1) is 17.1. The number of anilines is 1. The second-order valence-electron chi connectivity index (χ2n) is 8.36. The van der Waals surface area contributed by atoms with E-state index in [9.17, 15) is 9.59 Å². The number of thioether (sulfide) groups is 1. The Kier molecular flexibility index (Phi) is 8.87. The van der Waals surface area contributed by atoms with Crippen molar-refractivity contribution >= 4 is 51.9 Å². The zero-order valence-corrected chi connectivity index (χ0v) is 21.1. The van der Waals surface area contributed by atoms with E-state index in [1.54, 1.807) is 4.90 Å². The number of hydrogen-bond acceptors (Lipinski definition) is 4. The highest BCUT2D eigenvalue weighted by Gasteiger charge is 2.31. The smallest absolute Gasteiger partial charge is 0.266 e. The van der Waals surface area contributed by atoms with Gasteiger partial charge in [0.2, 0.25) is 5.91 Å². The Morgan fingerprint density at radius 2 is 1.49 bits per heavy atom. The number of para-hydroxylation sites is 1. The van der Waals surface area contributed by atoms with Crippen LogP contribution in [0.5, 0.6) is 0 Å². The maximum absolute atomic E-state index is 13.1. The van der Waals surface area contributed by atoms with Crippen molar-refractivity contribution in [1.82, 2.24) is 4.90 Å². The van der Waals surface area contributed by atoms with E-state index in [0.29, 0.717) is 28.7 Å². The summed E-state index contributed by atoms with van der Waals surface area (Å²) in [7, 11) is 0. The van der Waals surface area contributed by atoms with Crippen LogP contribution >= 0.6 is 24.0 Å². The molecule has 1 heterocycles. The highest BCUT2D eigenvalue weighted by Crippen LogP contribution is 2.32. The van der Waals surface area contributed by atoms with Gasteiger partial charge in [-0.05, 0) is 42.2 Å². The van der Waals surface area contributed by atoms with Crippen LogP contribution < -0.4 is 4.90 Å². The van der Waals surface area contributed by atoms with Crippen molar-refractivity contribution in [2.24, 2.45) is 0 Å². The monoisotopic (exact) mass is 500 g/mol. The molecule has 3 aromatic carbocycles. The molecule has 4 rings (SSSR count). The normalized spacial score (nSPS) is 14.5. The number of hydrogen-bond donors (Lipinski definition) is 0. The number of unbranched alkanes of at least 4 members (excludes halogenated alkanes) is 2.